The third-order valence-corrected chi connectivity index (χ3v) is 8.62. The van der Waals surface area contributed by atoms with Crippen LogP contribution in [0.1, 0.15) is 157 Å². The van der Waals surface area contributed by atoms with Crippen LogP contribution in [0.25, 0.3) is 0 Å². The van der Waals surface area contributed by atoms with Crippen LogP contribution in [0, 0.1) is 0 Å². The SMILES string of the molecule is CCCCCCCCCCCCCCCCCCOC(=O)/C=C(/C)[O][Al]([O]C(C)CC)[O]C(C)CC. The van der Waals surface area contributed by atoms with Crippen LogP contribution in [0.5, 0.6) is 0 Å². The monoisotopic (exact) mass is 526 g/mol. The quantitative estimate of drug-likeness (QED) is 0.0369. The Hall–Kier alpha value is -0.538. The van der Waals surface area contributed by atoms with Crippen molar-refractivity contribution >= 4 is 21.1 Å². The number of hydrogen-bond acceptors (Lipinski definition) is 5. The van der Waals surface area contributed by atoms with E-state index in [4.69, 9.17) is 16.1 Å². The lowest BCUT2D eigenvalue weighted by molar-refractivity contribution is -0.138. The van der Waals surface area contributed by atoms with Gasteiger partial charge in [-0.2, -0.15) is 0 Å². The van der Waals surface area contributed by atoms with Gasteiger partial charge in [-0.1, -0.05) is 117 Å². The van der Waals surface area contributed by atoms with E-state index in [-0.39, 0.29) is 18.2 Å². The van der Waals surface area contributed by atoms with Crippen molar-refractivity contribution in [2.24, 2.45) is 0 Å². The summed E-state index contributed by atoms with van der Waals surface area (Å²) in [5, 5.41) is 0. The first-order valence-electron chi connectivity index (χ1n) is 15.2. The van der Waals surface area contributed by atoms with E-state index in [1.54, 1.807) is 6.92 Å². The van der Waals surface area contributed by atoms with Crippen LogP contribution in [0.3, 0.4) is 0 Å². The Kier molecular flexibility index (Phi) is 25.7. The molecule has 0 bridgehead atoms. The molecule has 36 heavy (non-hydrogen) atoms. The van der Waals surface area contributed by atoms with Crippen LogP contribution < -0.4 is 0 Å². The van der Waals surface area contributed by atoms with Gasteiger partial charge >= 0.3 is 21.1 Å². The smallest absolute Gasteiger partial charge is 0.602 e. The molecule has 2 unspecified atom stereocenters. The summed E-state index contributed by atoms with van der Waals surface area (Å²) >= 11 is -2.35. The van der Waals surface area contributed by atoms with Gasteiger partial charge in [-0.15, -0.1) is 0 Å². The van der Waals surface area contributed by atoms with Gasteiger partial charge in [-0.25, -0.2) is 4.79 Å². The third-order valence-electron chi connectivity index (χ3n) is 6.68. The minimum atomic E-state index is -2.35. The van der Waals surface area contributed by atoms with E-state index in [0.717, 1.165) is 25.7 Å². The fourth-order valence-electron chi connectivity index (χ4n) is 3.88. The van der Waals surface area contributed by atoms with E-state index in [1.807, 2.05) is 13.8 Å². The highest BCUT2D eigenvalue weighted by Gasteiger charge is 2.38. The summed E-state index contributed by atoms with van der Waals surface area (Å²) in [4.78, 5) is 12.1. The summed E-state index contributed by atoms with van der Waals surface area (Å²) in [6, 6.07) is 0. The summed E-state index contributed by atoms with van der Waals surface area (Å²) in [5.74, 6) is 0.142. The van der Waals surface area contributed by atoms with Gasteiger partial charge in [0.2, 0.25) is 0 Å². The van der Waals surface area contributed by atoms with Gasteiger partial charge in [-0.3, -0.25) is 0 Å². The Balaban J connectivity index is 3.74. The molecule has 0 N–H and O–H groups in total. The Bertz CT molecular complexity index is 513. The second-order valence-electron chi connectivity index (χ2n) is 10.3. The van der Waals surface area contributed by atoms with Gasteiger partial charge < -0.3 is 16.1 Å². The zero-order valence-corrected chi connectivity index (χ0v) is 25.9. The lowest BCUT2D eigenvalue weighted by Crippen LogP contribution is -2.33. The van der Waals surface area contributed by atoms with E-state index in [2.05, 4.69) is 20.8 Å². The van der Waals surface area contributed by atoms with Crippen molar-refractivity contribution < 1.29 is 20.9 Å². The summed E-state index contributed by atoms with van der Waals surface area (Å²) < 4.78 is 23.1. The minimum Gasteiger partial charge on any atom is -0.602 e. The maximum atomic E-state index is 12.1. The van der Waals surface area contributed by atoms with E-state index in [9.17, 15) is 4.79 Å². The number of hydrogen-bond donors (Lipinski definition) is 0. The van der Waals surface area contributed by atoms with Crippen LogP contribution in [0.4, 0.5) is 0 Å². The summed E-state index contributed by atoms with van der Waals surface area (Å²) in [7, 11) is 0. The number of allylic oxidation sites excluding steroid dienone is 1. The first kappa shape index (κ1) is 35.5. The molecule has 0 aliphatic carbocycles. The molecule has 212 valence electrons. The molecule has 6 heteroatoms. The molecule has 0 aromatic rings. The minimum absolute atomic E-state index is 0.0698. The second kappa shape index (κ2) is 26.1. The molecule has 0 saturated heterocycles. The number of unbranched alkanes of at least 4 members (excludes halogenated alkanes) is 15. The Morgan fingerprint density at radius 2 is 1.06 bits per heavy atom. The third kappa shape index (κ3) is 23.8. The van der Waals surface area contributed by atoms with Crippen molar-refractivity contribution in [2.45, 2.75) is 169 Å². The van der Waals surface area contributed by atoms with E-state index < -0.39 is 15.1 Å². The van der Waals surface area contributed by atoms with E-state index in [1.165, 1.54) is 96.0 Å². The van der Waals surface area contributed by atoms with Gasteiger partial charge in [0.15, 0.2) is 0 Å². The molecule has 0 aromatic carbocycles. The van der Waals surface area contributed by atoms with Crippen molar-refractivity contribution in [3.8, 4) is 0 Å². The number of esters is 1. The van der Waals surface area contributed by atoms with Gasteiger partial charge in [0.25, 0.3) is 0 Å². The van der Waals surface area contributed by atoms with Crippen LogP contribution >= 0.6 is 0 Å². The molecule has 0 aliphatic heterocycles. The molecule has 0 rings (SSSR count). The van der Waals surface area contributed by atoms with Crippen molar-refractivity contribution in [2.75, 3.05) is 6.61 Å². The van der Waals surface area contributed by atoms with Gasteiger partial charge in [0, 0.05) is 12.2 Å². The fourth-order valence-corrected chi connectivity index (χ4v) is 5.57. The zero-order chi connectivity index (χ0) is 26.9. The summed E-state index contributed by atoms with van der Waals surface area (Å²) in [6.07, 6.45) is 24.7. The van der Waals surface area contributed by atoms with Crippen molar-refractivity contribution in [3.05, 3.63) is 11.8 Å². The normalized spacial score (nSPS) is 13.4. The van der Waals surface area contributed by atoms with Gasteiger partial charge in [0.1, 0.15) is 0 Å². The maximum Gasteiger partial charge on any atom is 1.00 e. The highest BCUT2D eigenvalue weighted by Crippen LogP contribution is 2.14. The highest BCUT2D eigenvalue weighted by atomic mass is 27.3. The van der Waals surface area contributed by atoms with Gasteiger partial charge in [0.05, 0.1) is 18.4 Å². The van der Waals surface area contributed by atoms with Crippen LogP contribution in [0.2, 0.25) is 0 Å². The Morgan fingerprint density at radius 1 is 0.667 bits per heavy atom. The van der Waals surface area contributed by atoms with Crippen molar-refractivity contribution in [1.82, 2.24) is 0 Å². The number of ether oxygens (including phenoxy) is 1. The zero-order valence-electron chi connectivity index (χ0n) is 24.8. The first-order chi connectivity index (χ1) is 17.4. The highest BCUT2D eigenvalue weighted by molar-refractivity contribution is 6.37. The van der Waals surface area contributed by atoms with Crippen molar-refractivity contribution in [3.63, 3.8) is 0 Å². The number of carbonyl (C=O) groups excluding carboxylic acids is 1. The molecule has 5 nitrogen and oxygen atoms in total. The molecule has 0 aliphatic rings. The molecular formula is C30H59AlO5. The fraction of sp³-hybridized carbons (Fsp3) is 0.900. The predicted octanol–water partition coefficient (Wildman–Crippen LogP) is 9.33. The van der Waals surface area contributed by atoms with Crippen LogP contribution in [0.15, 0.2) is 11.8 Å². The lowest BCUT2D eigenvalue weighted by Gasteiger charge is -2.21. The Morgan fingerprint density at radius 3 is 1.44 bits per heavy atom. The summed E-state index contributed by atoms with van der Waals surface area (Å²) in [5.41, 5.74) is 0. The van der Waals surface area contributed by atoms with Crippen LogP contribution in [-0.2, 0) is 20.9 Å². The average Bonchev–Trinajstić information content (AvgIpc) is 2.85. The number of rotatable bonds is 26. The van der Waals surface area contributed by atoms with E-state index in [0.29, 0.717) is 12.4 Å². The molecule has 2 atom stereocenters. The molecular weight excluding hydrogens is 467 g/mol. The number of carbonyl (C=O) groups is 1. The van der Waals surface area contributed by atoms with Gasteiger partial charge in [-0.05, 0) is 40.0 Å². The second-order valence-corrected chi connectivity index (χ2v) is 11.7. The topological polar surface area (TPSA) is 54.0 Å². The predicted molar refractivity (Wildman–Crippen MR) is 153 cm³/mol. The molecule has 0 heterocycles. The van der Waals surface area contributed by atoms with E-state index >= 15 is 0 Å². The van der Waals surface area contributed by atoms with Crippen molar-refractivity contribution in [1.29, 1.82) is 0 Å². The molecule has 0 fully saturated rings. The molecule has 0 spiro atoms. The average molecular weight is 527 g/mol. The first-order valence-corrected chi connectivity index (χ1v) is 16.7. The lowest BCUT2D eigenvalue weighted by atomic mass is 10.0. The molecule has 0 aromatic heterocycles. The standard InChI is InChI=1S/C22H42O3.2C4H9O.Al/c1-3-4-5-6-7-8-9-10-11-12-13-14-15-16-17-18-19-25-22(24)20-21(2)23;2*1-3-4(2)5;/h20,23H,3-19H2,1-2H3;2*4H,3H2,1-2H3;/q;2*-1;+3/p-1/b21-20-;;;. The largest absolute Gasteiger partial charge is 1.00 e. The summed E-state index contributed by atoms with van der Waals surface area (Å²) in [6.45, 7) is 12.7. The molecule has 0 radical (unpaired) electrons. The Labute approximate surface area is 229 Å². The maximum absolute atomic E-state index is 12.1. The molecule has 0 amide bonds. The van der Waals surface area contributed by atoms with Crippen LogP contribution in [-0.4, -0.2) is 39.9 Å². The molecule has 0 saturated carbocycles.